The number of likely N-dealkylation sites (tertiary alicyclic amines) is 1. The number of anilines is 1. The molecule has 2 heterocycles. The van der Waals surface area contributed by atoms with Crippen molar-refractivity contribution >= 4 is 17.6 Å². The number of aromatic nitrogens is 2. The molecular formula is C25H26N4O5. The number of nitrogens with one attached hydrogen (secondary N) is 1. The van der Waals surface area contributed by atoms with Crippen molar-refractivity contribution in [3.05, 3.63) is 71.7 Å². The van der Waals surface area contributed by atoms with Crippen LogP contribution in [0, 0.1) is 6.92 Å². The van der Waals surface area contributed by atoms with E-state index < -0.39 is 12.0 Å². The number of hydrogen-bond acceptors (Lipinski definition) is 7. The standard InChI is InChI=1S/C25H26N4O5/c1-16-13-27-23(14-26-16)28-24(31)19-10-21(33-17(2)15-30)12-22(11-19)34-20-6-4-18(5-7-20)25(32)29-8-3-9-29/h4-7,10-14,17,30H,3,8-9,15H2,1-2H3,(H,27,28,31). The van der Waals surface area contributed by atoms with Crippen molar-refractivity contribution < 1.29 is 24.2 Å². The molecule has 1 saturated heterocycles. The summed E-state index contributed by atoms with van der Waals surface area (Å²) in [5.74, 6) is 1.14. The Morgan fingerprint density at radius 1 is 1.03 bits per heavy atom. The molecule has 2 N–H and O–H groups in total. The SMILES string of the molecule is Cc1cnc(NC(=O)c2cc(Oc3ccc(C(=O)N4CCC4)cc3)cc(OC(C)CO)c2)cn1. The van der Waals surface area contributed by atoms with Gasteiger partial charge in [-0.1, -0.05) is 0 Å². The van der Waals surface area contributed by atoms with Gasteiger partial charge in [-0.3, -0.25) is 14.6 Å². The lowest BCUT2D eigenvalue weighted by Crippen LogP contribution is -2.41. The Morgan fingerprint density at radius 3 is 2.38 bits per heavy atom. The van der Waals surface area contributed by atoms with Crippen LogP contribution in [0.25, 0.3) is 0 Å². The average molecular weight is 463 g/mol. The largest absolute Gasteiger partial charge is 0.488 e. The van der Waals surface area contributed by atoms with Crippen molar-refractivity contribution in [3.8, 4) is 17.2 Å². The van der Waals surface area contributed by atoms with Gasteiger partial charge in [0, 0.05) is 30.3 Å². The molecule has 2 amide bonds. The Kier molecular flexibility index (Phi) is 7.03. The number of aliphatic hydroxyl groups excluding tert-OH is 1. The second-order valence-corrected chi connectivity index (χ2v) is 8.07. The molecule has 0 bridgehead atoms. The molecule has 176 valence electrons. The van der Waals surface area contributed by atoms with Crippen molar-refractivity contribution in [1.29, 1.82) is 0 Å². The van der Waals surface area contributed by atoms with Gasteiger partial charge in [-0.05, 0) is 56.7 Å². The average Bonchev–Trinajstić information content (AvgIpc) is 2.79. The number of carbonyl (C=O) groups excluding carboxylic acids is 2. The van der Waals surface area contributed by atoms with Crippen LogP contribution in [-0.4, -0.2) is 57.6 Å². The minimum Gasteiger partial charge on any atom is -0.488 e. The molecule has 1 fully saturated rings. The van der Waals surface area contributed by atoms with Gasteiger partial charge in [-0.15, -0.1) is 0 Å². The van der Waals surface area contributed by atoms with Crippen LogP contribution >= 0.6 is 0 Å². The third kappa shape index (κ3) is 5.68. The van der Waals surface area contributed by atoms with Crippen LogP contribution in [-0.2, 0) is 0 Å². The van der Waals surface area contributed by atoms with Crippen LogP contribution in [0.3, 0.4) is 0 Å². The van der Waals surface area contributed by atoms with Crippen LogP contribution in [0.15, 0.2) is 54.9 Å². The third-order valence-electron chi connectivity index (χ3n) is 5.24. The first kappa shape index (κ1) is 23.2. The normalized spacial score (nSPS) is 13.6. The quantitative estimate of drug-likeness (QED) is 0.527. The number of benzene rings is 2. The van der Waals surface area contributed by atoms with Gasteiger partial charge in [0.2, 0.25) is 0 Å². The van der Waals surface area contributed by atoms with Crippen LogP contribution in [0.5, 0.6) is 17.2 Å². The maximum absolute atomic E-state index is 12.8. The predicted octanol–water partition coefficient (Wildman–Crippen LogP) is 3.44. The summed E-state index contributed by atoms with van der Waals surface area (Å²) in [5, 5.41) is 12.0. The molecule has 1 aliphatic rings. The molecule has 3 aromatic rings. The van der Waals surface area contributed by atoms with Gasteiger partial charge in [-0.25, -0.2) is 4.98 Å². The number of rotatable bonds is 8. The number of aryl methyl sites for hydroxylation is 1. The molecule has 0 spiro atoms. The van der Waals surface area contributed by atoms with Crippen molar-refractivity contribution in [2.75, 3.05) is 25.0 Å². The molecule has 34 heavy (non-hydrogen) atoms. The van der Waals surface area contributed by atoms with Crippen LogP contribution < -0.4 is 14.8 Å². The fourth-order valence-electron chi connectivity index (χ4n) is 3.25. The molecule has 1 aromatic heterocycles. The van der Waals surface area contributed by atoms with Crippen LogP contribution in [0.2, 0.25) is 0 Å². The minimum atomic E-state index is -0.471. The predicted molar refractivity (Wildman–Crippen MR) is 125 cm³/mol. The number of amides is 2. The van der Waals surface area contributed by atoms with Gasteiger partial charge in [0.1, 0.15) is 23.4 Å². The molecule has 1 unspecified atom stereocenters. The summed E-state index contributed by atoms with van der Waals surface area (Å²) in [5.41, 5.74) is 1.62. The minimum absolute atomic E-state index is 0.00403. The van der Waals surface area contributed by atoms with E-state index in [4.69, 9.17) is 9.47 Å². The summed E-state index contributed by atoms with van der Waals surface area (Å²) in [4.78, 5) is 35.3. The highest BCUT2D eigenvalue weighted by Gasteiger charge is 2.21. The highest BCUT2D eigenvalue weighted by Crippen LogP contribution is 2.29. The molecule has 0 saturated carbocycles. The molecule has 9 heteroatoms. The summed E-state index contributed by atoms with van der Waals surface area (Å²) < 4.78 is 11.7. The maximum Gasteiger partial charge on any atom is 0.257 e. The Hall–Kier alpha value is -3.98. The molecule has 1 atom stereocenters. The smallest absolute Gasteiger partial charge is 0.257 e. The van der Waals surface area contributed by atoms with Gasteiger partial charge in [0.15, 0.2) is 5.82 Å². The number of hydrogen-bond donors (Lipinski definition) is 2. The molecular weight excluding hydrogens is 436 g/mol. The molecule has 0 aliphatic carbocycles. The van der Waals surface area contributed by atoms with E-state index in [1.165, 1.54) is 6.20 Å². The maximum atomic E-state index is 12.8. The van der Waals surface area contributed by atoms with Crippen molar-refractivity contribution in [1.82, 2.24) is 14.9 Å². The first-order chi connectivity index (χ1) is 16.4. The monoisotopic (exact) mass is 462 g/mol. The van der Waals surface area contributed by atoms with Gasteiger partial charge < -0.3 is 24.8 Å². The third-order valence-corrected chi connectivity index (χ3v) is 5.24. The van der Waals surface area contributed by atoms with Crippen molar-refractivity contribution in [2.24, 2.45) is 0 Å². The fraction of sp³-hybridized carbons (Fsp3) is 0.280. The van der Waals surface area contributed by atoms with Gasteiger partial charge >= 0.3 is 0 Å². The van der Waals surface area contributed by atoms with E-state index in [1.807, 2.05) is 0 Å². The summed E-state index contributed by atoms with van der Waals surface area (Å²) >= 11 is 0. The summed E-state index contributed by atoms with van der Waals surface area (Å²) in [6.45, 7) is 4.91. The second-order valence-electron chi connectivity index (χ2n) is 8.07. The first-order valence-corrected chi connectivity index (χ1v) is 11.0. The Bertz CT molecular complexity index is 1160. The van der Waals surface area contributed by atoms with E-state index in [9.17, 15) is 14.7 Å². The van der Waals surface area contributed by atoms with Crippen molar-refractivity contribution in [3.63, 3.8) is 0 Å². The lowest BCUT2D eigenvalue weighted by atomic mass is 10.1. The second kappa shape index (κ2) is 10.3. The Morgan fingerprint density at radius 2 is 1.76 bits per heavy atom. The topological polar surface area (TPSA) is 114 Å². The number of aliphatic hydroxyl groups is 1. The van der Waals surface area contributed by atoms with E-state index >= 15 is 0 Å². The van der Waals surface area contributed by atoms with E-state index in [2.05, 4.69) is 15.3 Å². The number of ether oxygens (including phenoxy) is 2. The van der Waals surface area contributed by atoms with Crippen LogP contribution in [0.4, 0.5) is 5.82 Å². The van der Waals surface area contributed by atoms with E-state index in [1.54, 1.807) is 67.4 Å². The summed E-state index contributed by atoms with van der Waals surface area (Å²) in [7, 11) is 0. The number of nitrogens with zero attached hydrogens (tertiary/aromatic N) is 3. The molecule has 4 rings (SSSR count). The van der Waals surface area contributed by atoms with Crippen molar-refractivity contribution in [2.45, 2.75) is 26.4 Å². The molecule has 0 radical (unpaired) electrons. The van der Waals surface area contributed by atoms with E-state index in [0.29, 0.717) is 28.6 Å². The first-order valence-electron chi connectivity index (χ1n) is 11.0. The zero-order valence-corrected chi connectivity index (χ0v) is 19.0. The zero-order valence-electron chi connectivity index (χ0n) is 19.0. The fourth-order valence-corrected chi connectivity index (χ4v) is 3.25. The lowest BCUT2D eigenvalue weighted by Gasteiger charge is -2.30. The highest BCUT2D eigenvalue weighted by molar-refractivity contribution is 6.04. The highest BCUT2D eigenvalue weighted by atomic mass is 16.5. The Labute approximate surface area is 197 Å². The summed E-state index contributed by atoms with van der Waals surface area (Å²) in [6, 6.07) is 11.6. The molecule has 9 nitrogen and oxygen atoms in total. The van der Waals surface area contributed by atoms with E-state index in [-0.39, 0.29) is 18.1 Å². The van der Waals surface area contributed by atoms with Gasteiger partial charge in [-0.2, -0.15) is 0 Å². The Balaban J connectivity index is 1.54. The molecule has 2 aromatic carbocycles. The van der Waals surface area contributed by atoms with E-state index in [0.717, 1.165) is 25.2 Å². The zero-order chi connectivity index (χ0) is 24.1. The van der Waals surface area contributed by atoms with Crippen LogP contribution in [0.1, 0.15) is 39.8 Å². The van der Waals surface area contributed by atoms with Gasteiger partial charge in [0.05, 0.1) is 24.7 Å². The molecule has 1 aliphatic heterocycles. The van der Waals surface area contributed by atoms with Gasteiger partial charge in [0.25, 0.3) is 11.8 Å². The lowest BCUT2D eigenvalue weighted by molar-refractivity contribution is 0.0651. The summed E-state index contributed by atoms with van der Waals surface area (Å²) in [6.07, 6.45) is 3.60. The number of carbonyl (C=O) groups is 2.